The Morgan fingerprint density at radius 3 is 3.06 bits per heavy atom. The molecule has 2 aliphatic heterocycles. The van der Waals surface area contributed by atoms with Gasteiger partial charge in [-0.15, -0.1) is 0 Å². The molecule has 90 valence electrons. The molecular weight excluding hydrogens is 214 g/mol. The zero-order valence-electron chi connectivity index (χ0n) is 9.85. The van der Waals surface area contributed by atoms with Gasteiger partial charge in [-0.1, -0.05) is 0 Å². The number of carbonyl (C=O) groups excluding carboxylic acids is 1. The molecule has 1 amide bonds. The van der Waals surface area contributed by atoms with E-state index in [9.17, 15) is 4.79 Å². The van der Waals surface area contributed by atoms with Crippen molar-refractivity contribution in [2.45, 2.75) is 19.3 Å². The van der Waals surface area contributed by atoms with Crippen LogP contribution in [0, 0.1) is 5.41 Å². The van der Waals surface area contributed by atoms with E-state index in [2.05, 4.69) is 10.3 Å². The molecule has 1 spiro atoms. The Kier molecular flexibility index (Phi) is 2.59. The van der Waals surface area contributed by atoms with E-state index < -0.39 is 0 Å². The second kappa shape index (κ2) is 4.11. The van der Waals surface area contributed by atoms with Crippen molar-refractivity contribution in [3.63, 3.8) is 0 Å². The molecule has 2 fully saturated rings. The molecule has 4 nitrogen and oxygen atoms in total. The highest BCUT2D eigenvalue weighted by atomic mass is 16.2. The number of nitrogens with zero attached hydrogens (tertiary/aromatic N) is 2. The van der Waals surface area contributed by atoms with Crippen LogP contribution in [0.3, 0.4) is 0 Å². The minimum atomic E-state index is -0.145. The van der Waals surface area contributed by atoms with E-state index >= 15 is 0 Å². The Morgan fingerprint density at radius 2 is 2.35 bits per heavy atom. The van der Waals surface area contributed by atoms with Crippen molar-refractivity contribution in [2.75, 3.05) is 24.5 Å². The van der Waals surface area contributed by atoms with Crippen molar-refractivity contribution in [3.8, 4) is 0 Å². The Bertz CT molecular complexity index is 412. The van der Waals surface area contributed by atoms with Crippen LogP contribution in [0.25, 0.3) is 0 Å². The standard InChI is InChI=1S/C13H17N3O/c17-12-13(4-2-7-15-10-13)5-8-16(12)11-3-1-6-14-9-11/h1,3,6,9,15H,2,4-5,7-8,10H2/t13-/m1/s1. The van der Waals surface area contributed by atoms with Gasteiger partial charge in [-0.05, 0) is 37.9 Å². The molecule has 2 saturated heterocycles. The fourth-order valence-electron chi connectivity index (χ4n) is 2.94. The van der Waals surface area contributed by atoms with Crippen LogP contribution in [0.4, 0.5) is 5.69 Å². The second-order valence-electron chi connectivity index (χ2n) is 4.98. The van der Waals surface area contributed by atoms with Crippen molar-refractivity contribution in [1.29, 1.82) is 0 Å². The maximum atomic E-state index is 12.5. The first-order valence-corrected chi connectivity index (χ1v) is 6.25. The van der Waals surface area contributed by atoms with Gasteiger partial charge in [0.05, 0.1) is 17.3 Å². The topological polar surface area (TPSA) is 45.2 Å². The first-order valence-electron chi connectivity index (χ1n) is 6.25. The van der Waals surface area contributed by atoms with Gasteiger partial charge >= 0.3 is 0 Å². The number of anilines is 1. The average Bonchev–Trinajstić information content (AvgIpc) is 2.70. The maximum absolute atomic E-state index is 12.5. The summed E-state index contributed by atoms with van der Waals surface area (Å²) in [7, 11) is 0. The molecule has 0 aromatic carbocycles. The van der Waals surface area contributed by atoms with E-state index in [1.807, 2.05) is 17.0 Å². The molecule has 0 radical (unpaired) electrons. The van der Waals surface area contributed by atoms with E-state index in [0.717, 1.165) is 44.6 Å². The monoisotopic (exact) mass is 231 g/mol. The number of hydrogen-bond acceptors (Lipinski definition) is 3. The number of amides is 1. The van der Waals surface area contributed by atoms with Crippen molar-refractivity contribution in [3.05, 3.63) is 24.5 Å². The zero-order valence-corrected chi connectivity index (χ0v) is 9.85. The second-order valence-corrected chi connectivity index (χ2v) is 4.98. The molecule has 4 heteroatoms. The van der Waals surface area contributed by atoms with Gasteiger partial charge in [0.2, 0.25) is 5.91 Å². The number of aromatic nitrogens is 1. The summed E-state index contributed by atoms with van der Waals surface area (Å²) in [4.78, 5) is 18.5. The Hall–Kier alpha value is -1.42. The lowest BCUT2D eigenvalue weighted by atomic mass is 9.79. The van der Waals surface area contributed by atoms with E-state index in [-0.39, 0.29) is 11.3 Å². The van der Waals surface area contributed by atoms with E-state index in [0.29, 0.717) is 0 Å². The number of piperidine rings is 1. The average molecular weight is 231 g/mol. The third-order valence-corrected chi connectivity index (χ3v) is 3.94. The number of pyridine rings is 1. The summed E-state index contributed by atoms with van der Waals surface area (Å²) < 4.78 is 0. The molecule has 3 heterocycles. The summed E-state index contributed by atoms with van der Waals surface area (Å²) in [6, 6.07) is 3.84. The van der Waals surface area contributed by atoms with Crippen LogP contribution in [0.2, 0.25) is 0 Å². The highest BCUT2D eigenvalue weighted by Gasteiger charge is 2.47. The summed E-state index contributed by atoms with van der Waals surface area (Å²) in [6.07, 6.45) is 6.60. The molecule has 1 aromatic heterocycles. The Morgan fingerprint density at radius 1 is 1.41 bits per heavy atom. The SMILES string of the molecule is O=C1N(c2cccnc2)CC[C@@]12CCCNC2. The molecule has 3 rings (SSSR count). The van der Waals surface area contributed by atoms with Crippen LogP contribution in [-0.2, 0) is 4.79 Å². The fraction of sp³-hybridized carbons (Fsp3) is 0.538. The summed E-state index contributed by atoms with van der Waals surface area (Å²) in [6.45, 7) is 2.71. The molecular formula is C13H17N3O. The van der Waals surface area contributed by atoms with Crippen LogP contribution in [-0.4, -0.2) is 30.5 Å². The van der Waals surface area contributed by atoms with Crippen molar-refractivity contribution >= 4 is 11.6 Å². The zero-order chi connectivity index (χ0) is 11.7. The van der Waals surface area contributed by atoms with Gasteiger partial charge in [0.25, 0.3) is 0 Å². The van der Waals surface area contributed by atoms with E-state index in [1.54, 1.807) is 12.4 Å². The lowest BCUT2D eigenvalue weighted by Crippen LogP contribution is -2.45. The van der Waals surface area contributed by atoms with Gasteiger partial charge in [-0.25, -0.2) is 0 Å². The third kappa shape index (κ3) is 1.72. The largest absolute Gasteiger partial charge is 0.316 e. The summed E-state index contributed by atoms with van der Waals surface area (Å²) >= 11 is 0. The molecule has 0 saturated carbocycles. The lowest BCUT2D eigenvalue weighted by molar-refractivity contribution is -0.126. The Balaban J connectivity index is 1.85. The molecule has 1 atom stereocenters. The fourth-order valence-corrected chi connectivity index (χ4v) is 2.94. The van der Waals surface area contributed by atoms with Crippen molar-refractivity contribution < 1.29 is 4.79 Å². The highest BCUT2D eigenvalue weighted by Crippen LogP contribution is 2.39. The predicted molar refractivity (Wildman–Crippen MR) is 65.7 cm³/mol. The number of carbonyl (C=O) groups is 1. The van der Waals surface area contributed by atoms with Crippen LogP contribution >= 0.6 is 0 Å². The number of rotatable bonds is 1. The summed E-state index contributed by atoms with van der Waals surface area (Å²) in [5, 5.41) is 3.36. The van der Waals surface area contributed by atoms with Gasteiger partial charge < -0.3 is 10.2 Å². The van der Waals surface area contributed by atoms with Crippen molar-refractivity contribution in [2.24, 2.45) is 5.41 Å². The third-order valence-electron chi connectivity index (χ3n) is 3.94. The quantitative estimate of drug-likeness (QED) is 0.789. The minimum absolute atomic E-state index is 0.145. The molecule has 0 aliphatic carbocycles. The number of hydrogen-bond donors (Lipinski definition) is 1. The molecule has 1 aromatic rings. The van der Waals surface area contributed by atoms with Gasteiger partial charge in [0.15, 0.2) is 0 Å². The maximum Gasteiger partial charge on any atom is 0.234 e. The lowest BCUT2D eigenvalue weighted by Gasteiger charge is -2.32. The van der Waals surface area contributed by atoms with Gasteiger partial charge in [-0.2, -0.15) is 0 Å². The van der Waals surface area contributed by atoms with Crippen LogP contribution < -0.4 is 10.2 Å². The molecule has 2 aliphatic rings. The van der Waals surface area contributed by atoms with Crippen molar-refractivity contribution in [1.82, 2.24) is 10.3 Å². The van der Waals surface area contributed by atoms with Gasteiger partial charge in [0.1, 0.15) is 0 Å². The smallest absolute Gasteiger partial charge is 0.234 e. The van der Waals surface area contributed by atoms with Gasteiger partial charge in [0, 0.05) is 19.3 Å². The van der Waals surface area contributed by atoms with Crippen LogP contribution in [0.1, 0.15) is 19.3 Å². The van der Waals surface area contributed by atoms with E-state index in [1.165, 1.54) is 0 Å². The summed E-state index contributed by atoms with van der Waals surface area (Å²) in [5.74, 6) is 0.276. The molecule has 0 unspecified atom stereocenters. The highest BCUT2D eigenvalue weighted by molar-refractivity contribution is 6.00. The predicted octanol–water partition coefficient (Wildman–Crippen LogP) is 1.19. The number of nitrogens with one attached hydrogen (secondary N) is 1. The molecule has 1 N–H and O–H groups in total. The molecule has 0 bridgehead atoms. The van der Waals surface area contributed by atoms with E-state index in [4.69, 9.17) is 0 Å². The molecule has 17 heavy (non-hydrogen) atoms. The normalized spacial score (nSPS) is 28.9. The Labute approximate surface area is 101 Å². The minimum Gasteiger partial charge on any atom is -0.316 e. The first kappa shape index (κ1) is 10.7. The van der Waals surface area contributed by atoms with Crippen LogP contribution in [0.5, 0.6) is 0 Å². The van der Waals surface area contributed by atoms with Gasteiger partial charge in [-0.3, -0.25) is 9.78 Å². The van der Waals surface area contributed by atoms with Crippen LogP contribution in [0.15, 0.2) is 24.5 Å². The summed E-state index contributed by atoms with van der Waals surface area (Å²) in [5.41, 5.74) is 0.786. The first-order chi connectivity index (χ1) is 8.32.